The molecule has 2 atom stereocenters. The van der Waals surface area contributed by atoms with E-state index in [2.05, 4.69) is 10.8 Å². The second-order valence-corrected chi connectivity index (χ2v) is 2.77. The van der Waals surface area contributed by atoms with Crippen LogP contribution in [0.4, 0.5) is 0 Å². The quantitative estimate of drug-likeness (QED) is 0.372. The average molecular weight is 159 g/mol. The Kier molecular flexibility index (Phi) is 2.81. The van der Waals surface area contributed by atoms with Gasteiger partial charge in [-0.15, -0.1) is 0 Å². The first-order chi connectivity index (χ1) is 5.24. The molecule has 5 heteroatoms. The molecule has 1 rings (SSSR count). The van der Waals surface area contributed by atoms with E-state index in [4.69, 9.17) is 10.9 Å². The summed E-state index contributed by atoms with van der Waals surface area (Å²) < 4.78 is 0. The molecule has 0 aromatic carbocycles. The second-order valence-electron chi connectivity index (χ2n) is 2.77. The zero-order chi connectivity index (χ0) is 8.27. The highest BCUT2D eigenvalue weighted by Crippen LogP contribution is 2.06. The minimum Gasteiger partial charge on any atom is -0.368 e. The van der Waals surface area contributed by atoms with Crippen LogP contribution in [0.15, 0.2) is 0 Å². The Morgan fingerprint density at radius 3 is 2.73 bits per heavy atom. The molecule has 0 saturated carbocycles. The van der Waals surface area contributed by atoms with E-state index in [1.807, 2.05) is 0 Å². The lowest BCUT2D eigenvalue weighted by Crippen LogP contribution is -2.51. The predicted octanol–water partition coefficient (Wildman–Crippen LogP) is -1.43. The molecule has 5 N–H and O–H groups in total. The second kappa shape index (κ2) is 3.66. The van der Waals surface area contributed by atoms with Crippen LogP contribution in [0.2, 0.25) is 0 Å². The van der Waals surface area contributed by atoms with Gasteiger partial charge in [-0.05, 0) is 12.8 Å². The van der Waals surface area contributed by atoms with Crippen molar-refractivity contribution in [2.75, 3.05) is 6.54 Å². The number of piperidine rings is 1. The molecule has 1 heterocycles. The molecule has 64 valence electrons. The zero-order valence-electron chi connectivity index (χ0n) is 6.21. The van der Waals surface area contributed by atoms with Crippen LogP contribution in [0.25, 0.3) is 0 Å². The Morgan fingerprint density at radius 1 is 1.64 bits per heavy atom. The standard InChI is InChI=1S/C6H13N3O2/c7-6(10)5-2-1-4(9-11)3-8-5/h4-5,8-9,11H,1-3H2,(H2,7,10)/t4-,5-/m1/s1. The van der Waals surface area contributed by atoms with E-state index >= 15 is 0 Å². The van der Waals surface area contributed by atoms with Crippen LogP contribution in [0.3, 0.4) is 0 Å². The molecule has 1 amide bonds. The highest BCUT2D eigenvalue weighted by molar-refractivity contribution is 5.79. The Morgan fingerprint density at radius 2 is 2.36 bits per heavy atom. The molecule has 0 aromatic rings. The molecule has 1 aliphatic rings. The van der Waals surface area contributed by atoms with E-state index in [0.717, 1.165) is 6.42 Å². The van der Waals surface area contributed by atoms with Gasteiger partial charge in [-0.2, -0.15) is 0 Å². The van der Waals surface area contributed by atoms with Gasteiger partial charge < -0.3 is 16.3 Å². The Labute approximate surface area is 64.9 Å². The number of carbonyl (C=O) groups is 1. The number of nitrogens with two attached hydrogens (primary N) is 1. The minimum absolute atomic E-state index is 0.0469. The molecule has 0 aromatic heterocycles. The van der Waals surface area contributed by atoms with Crippen LogP contribution in [-0.2, 0) is 4.79 Å². The minimum atomic E-state index is -0.318. The number of rotatable bonds is 2. The molecule has 1 fully saturated rings. The van der Waals surface area contributed by atoms with E-state index < -0.39 is 0 Å². The highest BCUT2D eigenvalue weighted by Gasteiger charge is 2.22. The summed E-state index contributed by atoms with van der Waals surface area (Å²) in [5, 5.41) is 11.4. The van der Waals surface area contributed by atoms with Crippen molar-refractivity contribution in [2.24, 2.45) is 5.73 Å². The normalized spacial score (nSPS) is 31.7. The summed E-state index contributed by atoms with van der Waals surface area (Å²) in [6, 6.07) is -0.176. The van der Waals surface area contributed by atoms with E-state index in [0.29, 0.717) is 13.0 Å². The fraction of sp³-hybridized carbons (Fsp3) is 0.833. The van der Waals surface area contributed by atoms with Gasteiger partial charge in [0.05, 0.1) is 6.04 Å². The summed E-state index contributed by atoms with van der Waals surface area (Å²) in [6.07, 6.45) is 1.46. The van der Waals surface area contributed by atoms with Crippen molar-refractivity contribution in [3.63, 3.8) is 0 Å². The van der Waals surface area contributed by atoms with Gasteiger partial charge in [-0.3, -0.25) is 4.79 Å². The number of amides is 1. The third-order valence-corrected chi connectivity index (χ3v) is 1.94. The number of hydrogen-bond acceptors (Lipinski definition) is 4. The molecule has 0 unspecified atom stereocenters. The molecule has 0 radical (unpaired) electrons. The van der Waals surface area contributed by atoms with E-state index in [1.165, 1.54) is 0 Å². The summed E-state index contributed by atoms with van der Waals surface area (Å²) in [6.45, 7) is 0.587. The van der Waals surface area contributed by atoms with E-state index in [-0.39, 0.29) is 18.0 Å². The van der Waals surface area contributed by atoms with E-state index in [9.17, 15) is 4.79 Å². The topological polar surface area (TPSA) is 87.4 Å². The SMILES string of the molecule is NC(=O)[C@H]1CC[C@@H](NO)CN1. The fourth-order valence-electron chi connectivity index (χ4n) is 1.21. The zero-order valence-corrected chi connectivity index (χ0v) is 6.21. The fourth-order valence-corrected chi connectivity index (χ4v) is 1.21. The summed E-state index contributed by atoms with van der Waals surface area (Å²) in [7, 11) is 0. The Bertz CT molecular complexity index is 143. The Balaban J connectivity index is 2.30. The van der Waals surface area contributed by atoms with Gasteiger partial charge in [0.15, 0.2) is 0 Å². The van der Waals surface area contributed by atoms with Crippen molar-refractivity contribution < 1.29 is 10.0 Å². The smallest absolute Gasteiger partial charge is 0.234 e. The average Bonchev–Trinajstić information content (AvgIpc) is 2.05. The molecular formula is C6H13N3O2. The first-order valence-corrected chi connectivity index (χ1v) is 3.66. The van der Waals surface area contributed by atoms with Crippen LogP contribution in [0.1, 0.15) is 12.8 Å². The van der Waals surface area contributed by atoms with E-state index in [1.54, 1.807) is 0 Å². The monoisotopic (exact) mass is 159 g/mol. The maximum atomic E-state index is 10.6. The van der Waals surface area contributed by atoms with Crippen LogP contribution >= 0.6 is 0 Å². The third-order valence-electron chi connectivity index (χ3n) is 1.94. The van der Waals surface area contributed by atoms with Crippen LogP contribution in [0.5, 0.6) is 0 Å². The van der Waals surface area contributed by atoms with Crippen molar-refractivity contribution in [2.45, 2.75) is 24.9 Å². The van der Waals surface area contributed by atoms with Crippen molar-refractivity contribution in [1.29, 1.82) is 0 Å². The molecule has 0 aliphatic carbocycles. The first-order valence-electron chi connectivity index (χ1n) is 3.66. The van der Waals surface area contributed by atoms with Gasteiger partial charge in [-0.1, -0.05) is 0 Å². The van der Waals surface area contributed by atoms with Gasteiger partial charge >= 0.3 is 0 Å². The van der Waals surface area contributed by atoms with Crippen LogP contribution in [0, 0.1) is 0 Å². The van der Waals surface area contributed by atoms with Gasteiger partial charge in [0, 0.05) is 12.6 Å². The lowest BCUT2D eigenvalue weighted by atomic mass is 10.0. The lowest BCUT2D eigenvalue weighted by molar-refractivity contribution is -0.120. The molecule has 1 saturated heterocycles. The summed E-state index contributed by atoms with van der Waals surface area (Å²) in [5.74, 6) is -0.318. The van der Waals surface area contributed by atoms with Crippen LogP contribution < -0.4 is 16.5 Å². The summed E-state index contributed by atoms with van der Waals surface area (Å²) in [5.41, 5.74) is 7.22. The molecular weight excluding hydrogens is 146 g/mol. The van der Waals surface area contributed by atoms with Crippen molar-refractivity contribution in [3.05, 3.63) is 0 Å². The molecule has 1 aliphatic heterocycles. The van der Waals surface area contributed by atoms with Crippen molar-refractivity contribution in [3.8, 4) is 0 Å². The summed E-state index contributed by atoms with van der Waals surface area (Å²) in [4.78, 5) is 10.6. The van der Waals surface area contributed by atoms with Crippen molar-refractivity contribution in [1.82, 2.24) is 10.8 Å². The van der Waals surface area contributed by atoms with Gasteiger partial charge in [0.25, 0.3) is 0 Å². The number of carbonyl (C=O) groups excluding carboxylic acids is 1. The number of nitrogens with one attached hydrogen (secondary N) is 2. The molecule has 11 heavy (non-hydrogen) atoms. The maximum Gasteiger partial charge on any atom is 0.234 e. The third kappa shape index (κ3) is 2.14. The Hall–Kier alpha value is -0.650. The number of primary amides is 1. The molecule has 0 bridgehead atoms. The molecule has 5 nitrogen and oxygen atoms in total. The van der Waals surface area contributed by atoms with Crippen molar-refractivity contribution >= 4 is 5.91 Å². The predicted molar refractivity (Wildman–Crippen MR) is 38.9 cm³/mol. The molecule has 0 spiro atoms. The highest BCUT2D eigenvalue weighted by atomic mass is 16.5. The van der Waals surface area contributed by atoms with Crippen LogP contribution in [-0.4, -0.2) is 29.7 Å². The maximum absolute atomic E-state index is 10.6. The first kappa shape index (κ1) is 8.45. The number of hydroxylamine groups is 1. The van der Waals surface area contributed by atoms with Gasteiger partial charge in [-0.25, -0.2) is 5.48 Å². The largest absolute Gasteiger partial charge is 0.368 e. The van der Waals surface area contributed by atoms with Gasteiger partial charge in [0.1, 0.15) is 0 Å². The van der Waals surface area contributed by atoms with Gasteiger partial charge in [0.2, 0.25) is 5.91 Å². The lowest BCUT2D eigenvalue weighted by Gasteiger charge is -2.26. The number of hydrogen-bond donors (Lipinski definition) is 4. The summed E-state index contributed by atoms with van der Waals surface area (Å²) >= 11 is 0.